The van der Waals surface area contributed by atoms with Crippen LogP contribution in [0.15, 0.2) is 23.1 Å². The molecule has 0 aromatic heterocycles. The van der Waals surface area contributed by atoms with E-state index in [4.69, 9.17) is 9.47 Å². The van der Waals surface area contributed by atoms with Crippen LogP contribution in [-0.4, -0.2) is 46.2 Å². The SMILES string of the molecule is CCOC(=O)NC(CNS(=O)(=O)c1ccc2c(c1)NC(=O)CO2)CC(C)C. The van der Waals surface area contributed by atoms with E-state index in [0.717, 1.165) is 0 Å². The fraction of sp³-hybridized carbons (Fsp3) is 0.529. The average molecular weight is 399 g/mol. The number of fused-ring (bicyclic) bond motifs is 1. The number of amides is 2. The van der Waals surface area contributed by atoms with Crippen molar-refractivity contribution in [3.8, 4) is 5.75 Å². The van der Waals surface area contributed by atoms with Crippen LogP contribution in [0.1, 0.15) is 27.2 Å². The highest BCUT2D eigenvalue weighted by atomic mass is 32.2. The normalized spacial score (nSPS) is 14.7. The summed E-state index contributed by atoms with van der Waals surface area (Å²) in [6, 6.07) is 3.81. The van der Waals surface area contributed by atoms with Crippen LogP contribution in [0.2, 0.25) is 0 Å². The molecular formula is C17H25N3O6S. The number of benzene rings is 1. The molecule has 150 valence electrons. The molecule has 0 saturated heterocycles. The first-order chi connectivity index (χ1) is 12.7. The molecule has 27 heavy (non-hydrogen) atoms. The van der Waals surface area contributed by atoms with Gasteiger partial charge in [0, 0.05) is 12.6 Å². The molecule has 0 bridgehead atoms. The zero-order chi connectivity index (χ0) is 20.0. The Morgan fingerprint density at radius 1 is 1.37 bits per heavy atom. The molecule has 1 atom stereocenters. The molecule has 3 N–H and O–H groups in total. The van der Waals surface area contributed by atoms with E-state index in [1.807, 2.05) is 13.8 Å². The molecule has 0 saturated carbocycles. The number of nitrogens with one attached hydrogen (secondary N) is 3. The van der Waals surface area contributed by atoms with Gasteiger partial charge in [-0.1, -0.05) is 13.8 Å². The summed E-state index contributed by atoms with van der Waals surface area (Å²) in [4.78, 5) is 23.1. The largest absolute Gasteiger partial charge is 0.482 e. The Kier molecular flexibility index (Phi) is 7.03. The summed E-state index contributed by atoms with van der Waals surface area (Å²) in [5, 5.41) is 5.24. The van der Waals surface area contributed by atoms with Crippen molar-refractivity contribution in [3.63, 3.8) is 0 Å². The van der Waals surface area contributed by atoms with Gasteiger partial charge in [-0.15, -0.1) is 0 Å². The molecule has 10 heteroatoms. The van der Waals surface area contributed by atoms with Crippen molar-refractivity contribution in [2.45, 2.75) is 38.1 Å². The Morgan fingerprint density at radius 3 is 2.78 bits per heavy atom. The van der Waals surface area contributed by atoms with E-state index in [-0.39, 0.29) is 36.5 Å². The molecule has 1 heterocycles. The molecule has 2 amide bonds. The molecule has 9 nitrogen and oxygen atoms in total. The second-order valence-corrected chi connectivity index (χ2v) is 8.30. The topological polar surface area (TPSA) is 123 Å². The summed E-state index contributed by atoms with van der Waals surface area (Å²) >= 11 is 0. The van der Waals surface area contributed by atoms with Crippen molar-refractivity contribution >= 4 is 27.7 Å². The van der Waals surface area contributed by atoms with Crippen LogP contribution in [0.5, 0.6) is 5.75 Å². The molecule has 0 fully saturated rings. The number of carbonyl (C=O) groups is 2. The van der Waals surface area contributed by atoms with Crippen molar-refractivity contribution in [2.75, 3.05) is 25.1 Å². The van der Waals surface area contributed by atoms with Gasteiger partial charge in [0.25, 0.3) is 5.91 Å². The van der Waals surface area contributed by atoms with Crippen LogP contribution in [0.4, 0.5) is 10.5 Å². The van der Waals surface area contributed by atoms with E-state index < -0.39 is 22.2 Å². The summed E-state index contributed by atoms with van der Waals surface area (Å²) in [5.41, 5.74) is 0.303. The maximum Gasteiger partial charge on any atom is 0.407 e. The summed E-state index contributed by atoms with van der Waals surface area (Å²) in [7, 11) is -3.84. The van der Waals surface area contributed by atoms with Gasteiger partial charge < -0.3 is 20.1 Å². The lowest BCUT2D eigenvalue weighted by Gasteiger charge is -2.21. The van der Waals surface area contributed by atoms with Crippen LogP contribution >= 0.6 is 0 Å². The number of rotatable bonds is 8. The number of alkyl carbamates (subject to hydrolysis) is 1. The zero-order valence-corrected chi connectivity index (χ0v) is 16.4. The molecule has 0 aliphatic carbocycles. The predicted molar refractivity (Wildman–Crippen MR) is 99.2 cm³/mol. The van der Waals surface area contributed by atoms with Gasteiger partial charge in [0.15, 0.2) is 6.61 Å². The van der Waals surface area contributed by atoms with Gasteiger partial charge in [-0.25, -0.2) is 17.9 Å². The van der Waals surface area contributed by atoms with E-state index >= 15 is 0 Å². The first kappa shape index (κ1) is 21.0. The monoisotopic (exact) mass is 399 g/mol. The number of hydrogen-bond acceptors (Lipinski definition) is 6. The van der Waals surface area contributed by atoms with Crippen molar-refractivity contribution in [2.24, 2.45) is 5.92 Å². The number of sulfonamides is 1. The molecule has 0 spiro atoms. The van der Waals surface area contributed by atoms with Gasteiger partial charge in [-0.2, -0.15) is 0 Å². The van der Waals surface area contributed by atoms with Crippen molar-refractivity contribution in [1.82, 2.24) is 10.0 Å². The Balaban J connectivity index is 2.08. The van der Waals surface area contributed by atoms with Crippen LogP contribution in [0.25, 0.3) is 0 Å². The maximum absolute atomic E-state index is 12.6. The average Bonchev–Trinajstić information content (AvgIpc) is 2.59. The highest BCUT2D eigenvalue weighted by Crippen LogP contribution is 2.29. The number of anilines is 1. The fourth-order valence-corrected chi connectivity index (χ4v) is 3.73. The number of carbonyl (C=O) groups excluding carboxylic acids is 2. The Hall–Kier alpha value is -2.33. The summed E-state index contributed by atoms with van der Waals surface area (Å²) in [6.45, 7) is 5.78. The predicted octanol–water partition coefficient (Wildman–Crippen LogP) is 1.46. The smallest absolute Gasteiger partial charge is 0.407 e. The minimum absolute atomic E-state index is 0.00789. The quantitative estimate of drug-likeness (QED) is 0.608. The van der Waals surface area contributed by atoms with Crippen molar-refractivity contribution in [1.29, 1.82) is 0 Å². The van der Waals surface area contributed by atoms with Gasteiger partial charge in [-0.05, 0) is 37.5 Å². The number of hydrogen-bond donors (Lipinski definition) is 3. The third-order valence-corrected chi connectivity index (χ3v) is 5.19. The van der Waals surface area contributed by atoms with E-state index in [1.54, 1.807) is 6.92 Å². The minimum atomic E-state index is -3.84. The fourth-order valence-electron chi connectivity index (χ4n) is 2.62. The third-order valence-electron chi connectivity index (χ3n) is 3.77. The second kappa shape index (κ2) is 9.05. The lowest BCUT2D eigenvalue weighted by atomic mass is 10.0. The van der Waals surface area contributed by atoms with Gasteiger partial charge in [0.2, 0.25) is 10.0 Å². The first-order valence-electron chi connectivity index (χ1n) is 8.71. The van der Waals surface area contributed by atoms with Crippen LogP contribution in [0.3, 0.4) is 0 Å². The molecule has 1 unspecified atom stereocenters. The van der Waals surface area contributed by atoms with E-state index in [0.29, 0.717) is 17.9 Å². The molecule has 2 rings (SSSR count). The van der Waals surface area contributed by atoms with Gasteiger partial charge in [0.05, 0.1) is 17.2 Å². The molecule has 0 radical (unpaired) electrons. The number of ether oxygens (including phenoxy) is 2. The Bertz CT molecular complexity index is 794. The summed E-state index contributed by atoms with van der Waals surface area (Å²) < 4.78 is 37.8. The maximum atomic E-state index is 12.6. The molecular weight excluding hydrogens is 374 g/mol. The van der Waals surface area contributed by atoms with Crippen LogP contribution in [0, 0.1) is 5.92 Å². The van der Waals surface area contributed by atoms with Gasteiger partial charge in [0.1, 0.15) is 5.75 Å². The summed E-state index contributed by atoms with van der Waals surface area (Å²) in [5.74, 6) is 0.313. The van der Waals surface area contributed by atoms with Crippen LogP contribution in [-0.2, 0) is 19.6 Å². The van der Waals surface area contributed by atoms with E-state index in [9.17, 15) is 18.0 Å². The highest BCUT2D eigenvalue weighted by Gasteiger charge is 2.23. The first-order valence-corrected chi connectivity index (χ1v) is 10.2. The second-order valence-electron chi connectivity index (χ2n) is 6.54. The standard InChI is InChI=1S/C17H25N3O6S/c1-4-25-17(22)19-12(7-11(2)3)9-18-27(23,24)13-5-6-15-14(8-13)20-16(21)10-26-15/h5-6,8,11-12,18H,4,7,9-10H2,1-3H3,(H,19,22)(H,20,21). The van der Waals surface area contributed by atoms with E-state index in [2.05, 4.69) is 15.4 Å². The zero-order valence-electron chi connectivity index (χ0n) is 15.6. The van der Waals surface area contributed by atoms with Crippen molar-refractivity contribution < 1.29 is 27.5 Å². The van der Waals surface area contributed by atoms with E-state index in [1.165, 1.54) is 18.2 Å². The minimum Gasteiger partial charge on any atom is -0.482 e. The highest BCUT2D eigenvalue weighted by molar-refractivity contribution is 7.89. The Labute approximate surface area is 158 Å². The molecule has 1 aliphatic heterocycles. The van der Waals surface area contributed by atoms with Crippen LogP contribution < -0.4 is 20.1 Å². The lowest BCUT2D eigenvalue weighted by Crippen LogP contribution is -2.44. The van der Waals surface area contributed by atoms with Crippen molar-refractivity contribution in [3.05, 3.63) is 18.2 Å². The van der Waals surface area contributed by atoms with Gasteiger partial charge in [-0.3, -0.25) is 4.79 Å². The Morgan fingerprint density at radius 2 is 2.11 bits per heavy atom. The lowest BCUT2D eigenvalue weighted by molar-refractivity contribution is -0.118. The molecule has 1 aliphatic rings. The molecule has 1 aromatic carbocycles. The molecule has 1 aromatic rings. The summed E-state index contributed by atoms with van der Waals surface area (Å²) in [6.07, 6.45) is -0.00826. The third kappa shape index (κ3) is 6.10. The van der Waals surface area contributed by atoms with Gasteiger partial charge >= 0.3 is 6.09 Å².